The van der Waals surface area contributed by atoms with Crippen molar-refractivity contribution in [3.63, 3.8) is 0 Å². The topological polar surface area (TPSA) is 41.0 Å². The van der Waals surface area contributed by atoms with Gasteiger partial charge in [-0.1, -0.05) is 0 Å². The maximum atomic E-state index is 4.24. The first kappa shape index (κ1) is 13.0. The van der Waals surface area contributed by atoms with Gasteiger partial charge in [0.25, 0.3) is 0 Å². The van der Waals surface area contributed by atoms with Crippen molar-refractivity contribution >= 4 is 28.5 Å². The van der Waals surface area contributed by atoms with Crippen LogP contribution in [0.1, 0.15) is 19.3 Å². The van der Waals surface area contributed by atoms with Crippen molar-refractivity contribution in [2.24, 2.45) is 5.92 Å². The van der Waals surface area contributed by atoms with Crippen LogP contribution in [0.2, 0.25) is 0 Å². The third-order valence-electron chi connectivity index (χ3n) is 3.29. The number of hydrogen-bond acceptors (Lipinski definition) is 4. The molecule has 0 unspecified atom stereocenters. The lowest BCUT2D eigenvalue weighted by Crippen LogP contribution is -2.30. The highest BCUT2D eigenvalue weighted by atomic mass is 127. The second-order valence-corrected chi connectivity index (χ2v) is 5.93. The molecule has 0 spiro atoms. The summed E-state index contributed by atoms with van der Waals surface area (Å²) in [7, 11) is 2.20. The molecule has 5 heteroatoms. The third-order valence-corrected chi connectivity index (χ3v) is 3.85. The Labute approximate surface area is 116 Å². The van der Waals surface area contributed by atoms with Crippen LogP contribution >= 0.6 is 22.6 Å². The van der Waals surface area contributed by atoms with E-state index in [1.54, 1.807) is 0 Å². The zero-order valence-corrected chi connectivity index (χ0v) is 12.4. The monoisotopic (exact) mass is 346 g/mol. The summed E-state index contributed by atoms with van der Waals surface area (Å²) in [5.74, 6) is 1.61. The van der Waals surface area contributed by atoms with E-state index in [1.807, 2.05) is 12.4 Å². The molecule has 0 saturated carbocycles. The maximum Gasteiger partial charge on any atom is 0.222 e. The van der Waals surface area contributed by atoms with E-state index in [0.29, 0.717) is 0 Å². The molecule has 1 N–H and O–H groups in total. The third kappa shape index (κ3) is 4.39. The number of hydrogen-bond donors (Lipinski definition) is 1. The van der Waals surface area contributed by atoms with Crippen LogP contribution in [0, 0.1) is 9.49 Å². The molecule has 1 saturated heterocycles. The van der Waals surface area contributed by atoms with Gasteiger partial charge in [0.05, 0.1) is 0 Å². The van der Waals surface area contributed by atoms with E-state index in [4.69, 9.17) is 0 Å². The van der Waals surface area contributed by atoms with Crippen molar-refractivity contribution in [3.05, 3.63) is 16.0 Å². The molecule has 94 valence electrons. The number of rotatable bonds is 4. The Morgan fingerprint density at radius 1 is 1.35 bits per heavy atom. The summed E-state index contributed by atoms with van der Waals surface area (Å²) in [4.78, 5) is 10.9. The zero-order valence-electron chi connectivity index (χ0n) is 10.2. The Bertz CT molecular complexity index is 333. The molecule has 0 radical (unpaired) electrons. The molecular formula is C12H19IN4. The number of halogens is 1. The highest BCUT2D eigenvalue weighted by Gasteiger charge is 2.15. The molecule has 17 heavy (non-hydrogen) atoms. The van der Waals surface area contributed by atoms with Gasteiger partial charge in [-0.05, 0) is 67.9 Å². The number of aromatic nitrogens is 2. The van der Waals surface area contributed by atoms with Crippen molar-refractivity contribution in [2.45, 2.75) is 19.3 Å². The lowest BCUT2D eigenvalue weighted by molar-refractivity contribution is 0.215. The van der Waals surface area contributed by atoms with E-state index in [-0.39, 0.29) is 0 Å². The second-order valence-electron chi connectivity index (χ2n) is 4.69. The molecule has 1 aromatic heterocycles. The Morgan fingerprint density at radius 2 is 2.00 bits per heavy atom. The summed E-state index contributed by atoms with van der Waals surface area (Å²) >= 11 is 2.21. The number of piperidine rings is 1. The molecule has 0 atom stereocenters. The fourth-order valence-electron chi connectivity index (χ4n) is 2.14. The molecule has 0 amide bonds. The average molecular weight is 346 g/mol. The number of anilines is 1. The molecule has 1 fully saturated rings. The van der Waals surface area contributed by atoms with Gasteiger partial charge in [0, 0.05) is 22.5 Å². The van der Waals surface area contributed by atoms with Gasteiger partial charge in [0.2, 0.25) is 5.95 Å². The standard InChI is InChI=1S/C12H19IN4/c1-17-6-3-10(4-7-17)2-5-14-12-15-8-11(13)9-16-12/h8-10H,2-7H2,1H3,(H,14,15,16). The van der Waals surface area contributed by atoms with Crippen LogP contribution < -0.4 is 5.32 Å². The van der Waals surface area contributed by atoms with Crippen LogP contribution in [-0.4, -0.2) is 41.5 Å². The van der Waals surface area contributed by atoms with Crippen molar-refractivity contribution in [2.75, 3.05) is 32.0 Å². The van der Waals surface area contributed by atoms with Crippen LogP contribution in [-0.2, 0) is 0 Å². The van der Waals surface area contributed by atoms with E-state index in [9.17, 15) is 0 Å². The van der Waals surface area contributed by atoms with Crippen LogP contribution in [0.15, 0.2) is 12.4 Å². The molecule has 0 bridgehead atoms. The molecule has 4 nitrogen and oxygen atoms in total. The highest BCUT2D eigenvalue weighted by Crippen LogP contribution is 2.19. The van der Waals surface area contributed by atoms with Gasteiger partial charge in [-0.3, -0.25) is 0 Å². The molecule has 1 aromatic rings. The van der Waals surface area contributed by atoms with Gasteiger partial charge in [0.15, 0.2) is 0 Å². The summed E-state index contributed by atoms with van der Waals surface area (Å²) in [5.41, 5.74) is 0. The Hall–Kier alpha value is -0.430. The molecule has 2 rings (SSSR count). The van der Waals surface area contributed by atoms with E-state index in [0.717, 1.165) is 22.0 Å². The molecule has 2 heterocycles. The second kappa shape index (κ2) is 6.49. The van der Waals surface area contributed by atoms with Gasteiger partial charge >= 0.3 is 0 Å². The predicted molar refractivity (Wildman–Crippen MR) is 78.1 cm³/mol. The molecule has 1 aliphatic heterocycles. The fourth-order valence-corrected chi connectivity index (χ4v) is 2.42. The van der Waals surface area contributed by atoms with Crippen molar-refractivity contribution < 1.29 is 0 Å². The summed E-state index contributed by atoms with van der Waals surface area (Å²) in [6.07, 6.45) is 7.55. The van der Waals surface area contributed by atoms with Gasteiger partial charge < -0.3 is 10.2 Å². The van der Waals surface area contributed by atoms with E-state index in [1.165, 1.54) is 32.4 Å². The SMILES string of the molecule is CN1CCC(CCNc2ncc(I)cn2)CC1. The quantitative estimate of drug-likeness (QED) is 0.849. The number of nitrogens with one attached hydrogen (secondary N) is 1. The highest BCUT2D eigenvalue weighted by molar-refractivity contribution is 14.1. The normalized spacial score (nSPS) is 18.2. The first-order chi connectivity index (χ1) is 8.24. The summed E-state index contributed by atoms with van der Waals surface area (Å²) in [5, 5.41) is 3.29. The first-order valence-corrected chi connectivity index (χ1v) is 7.22. The van der Waals surface area contributed by atoms with Crippen molar-refractivity contribution in [3.8, 4) is 0 Å². The minimum atomic E-state index is 0.748. The van der Waals surface area contributed by atoms with E-state index >= 15 is 0 Å². The summed E-state index contributed by atoms with van der Waals surface area (Å²) in [6, 6.07) is 0. The summed E-state index contributed by atoms with van der Waals surface area (Å²) < 4.78 is 1.07. The van der Waals surface area contributed by atoms with Crippen LogP contribution in [0.3, 0.4) is 0 Å². The maximum absolute atomic E-state index is 4.24. The smallest absolute Gasteiger partial charge is 0.222 e. The van der Waals surface area contributed by atoms with Gasteiger partial charge in [-0.25, -0.2) is 9.97 Å². The van der Waals surface area contributed by atoms with Crippen LogP contribution in [0.25, 0.3) is 0 Å². The number of nitrogens with zero attached hydrogens (tertiary/aromatic N) is 3. The minimum absolute atomic E-state index is 0.748. The summed E-state index contributed by atoms with van der Waals surface area (Å²) in [6.45, 7) is 3.46. The van der Waals surface area contributed by atoms with E-state index in [2.05, 4.69) is 49.8 Å². The Kier molecular flexibility index (Phi) is 4.97. The van der Waals surface area contributed by atoms with Crippen molar-refractivity contribution in [1.82, 2.24) is 14.9 Å². The van der Waals surface area contributed by atoms with Crippen LogP contribution in [0.5, 0.6) is 0 Å². The lowest BCUT2D eigenvalue weighted by atomic mass is 9.94. The Balaban J connectivity index is 1.67. The van der Waals surface area contributed by atoms with Crippen LogP contribution in [0.4, 0.5) is 5.95 Å². The first-order valence-electron chi connectivity index (χ1n) is 6.14. The van der Waals surface area contributed by atoms with Gasteiger partial charge in [-0.2, -0.15) is 0 Å². The zero-order chi connectivity index (χ0) is 12.1. The average Bonchev–Trinajstić information content (AvgIpc) is 2.34. The van der Waals surface area contributed by atoms with Crippen molar-refractivity contribution in [1.29, 1.82) is 0 Å². The molecular weight excluding hydrogens is 327 g/mol. The van der Waals surface area contributed by atoms with E-state index < -0.39 is 0 Å². The predicted octanol–water partition coefficient (Wildman–Crippen LogP) is 2.22. The molecule has 0 aliphatic carbocycles. The number of likely N-dealkylation sites (tertiary alicyclic amines) is 1. The fraction of sp³-hybridized carbons (Fsp3) is 0.667. The lowest BCUT2D eigenvalue weighted by Gasteiger charge is -2.28. The van der Waals surface area contributed by atoms with Gasteiger partial charge in [0.1, 0.15) is 0 Å². The largest absolute Gasteiger partial charge is 0.354 e. The minimum Gasteiger partial charge on any atom is -0.354 e. The molecule has 1 aliphatic rings. The molecule has 0 aromatic carbocycles. The van der Waals surface area contributed by atoms with Gasteiger partial charge in [-0.15, -0.1) is 0 Å². The Morgan fingerprint density at radius 3 is 2.65 bits per heavy atom.